The molecule has 0 unspecified atom stereocenters. The maximum atomic E-state index is 8.49. The summed E-state index contributed by atoms with van der Waals surface area (Å²) < 4.78 is 64.1. The zero-order chi connectivity index (χ0) is 49.1. The van der Waals surface area contributed by atoms with Gasteiger partial charge in [-0.15, -0.1) is 18.2 Å². The monoisotopic (exact) mass is 1060 g/mol. The van der Waals surface area contributed by atoms with Crippen molar-refractivity contribution < 1.29 is 34.1 Å². The van der Waals surface area contributed by atoms with Crippen LogP contribution in [0, 0.1) is 25.8 Å². The van der Waals surface area contributed by atoms with Gasteiger partial charge in [-0.3, -0.25) is 4.98 Å². The van der Waals surface area contributed by atoms with Crippen molar-refractivity contribution >= 4 is 50.6 Å². The number of imidazole rings is 1. The Bertz CT molecular complexity index is 3260. The number of nitrogens with zero attached hydrogens (tertiary/aromatic N) is 3. The predicted octanol–water partition coefficient (Wildman–Crippen LogP) is 15.1. The Hall–Kier alpha value is -5.07. The summed E-state index contributed by atoms with van der Waals surface area (Å²) in [5.41, 5.74) is 13.0. The quantitative estimate of drug-likeness (QED) is 0.113. The number of aromatic nitrogens is 3. The van der Waals surface area contributed by atoms with Gasteiger partial charge in [0.05, 0.1) is 22.4 Å². The van der Waals surface area contributed by atoms with Crippen LogP contribution in [0.15, 0.2) is 132 Å². The van der Waals surface area contributed by atoms with Crippen molar-refractivity contribution in [3.8, 4) is 39.5 Å². The Balaban J connectivity index is 0.000000240. The summed E-state index contributed by atoms with van der Waals surface area (Å²) in [6.45, 7) is 8.49. The number of hydrogen-bond acceptors (Lipinski definition) is 3. The second-order valence-electron chi connectivity index (χ2n) is 17.7. The van der Waals surface area contributed by atoms with E-state index in [4.69, 9.17) is 19.0 Å². The first kappa shape index (κ1) is 36.4. The van der Waals surface area contributed by atoms with Gasteiger partial charge in [0.1, 0.15) is 5.58 Å². The van der Waals surface area contributed by atoms with Crippen LogP contribution in [0.3, 0.4) is 0 Å². The van der Waals surface area contributed by atoms with Crippen LogP contribution < -0.4 is 4.40 Å². The average molecular weight is 1060 g/mol. The van der Waals surface area contributed by atoms with E-state index in [9.17, 15) is 0 Å². The predicted molar refractivity (Wildman–Crippen MR) is 261 cm³/mol. The van der Waals surface area contributed by atoms with Gasteiger partial charge in [0.25, 0.3) is 0 Å². The van der Waals surface area contributed by atoms with Crippen LogP contribution in [0.5, 0.6) is 0 Å². The number of hydrogen-bond donors (Lipinski definition) is 0. The molecule has 6 aromatic carbocycles. The molecular formula is C56H57GeIrN3O-2. The number of aryl methyl sites for hydroxylation is 2. The molecule has 0 aliphatic heterocycles. The Kier molecular flexibility index (Phi) is 10.8. The summed E-state index contributed by atoms with van der Waals surface area (Å²) in [4.78, 5) is 9.77. The zero-order valence-electron chi connectivity index (χ0n) is 43.9. The summed E-state index contributed by atoms with van der Waals surface area (Å²) in [6.07, 6.45) is 1.91. The molecule has 0 aliphatic carbocycles. The summed E-state index contributed by atoms with van der Waals surface area (Å²) in [5, 5.41) is 2.00. The van der Waals surface area contributed by atoms with Crippen molar-refractivity contribution in [2.45, 2.75) is 90.2 Å². The minimum absolute atomic E-state index is 0. The maximum absolute atomic E-state index is 8.49. The van der Waals surface area contributed by atoms with Gasteiger partial charge in [-0.05, 0) is 59.1 Å². The third-order valence-corrected chi connectivity index (χ3v) is 15.6. The second kappa shape index (κ2) is 18.3. The molecule has 0 saturated heterocycles. The first-order valence-electron chi connectivity index (χ1n) is 24.5. The van der Waals surface area contributed by atoms with Crippen molar-refractivity contribution in [3.05, 3.63) is 167 Å². The number of rotatable bonds is 8. The molecule has 0 bridgehead atoms. The van der Waals surface area contributed by atoms with E-state index < -0.39 is 32.9 Å². The fourth-order valence-corrected chi connectivity index (χ4v) is 11.5. The molecule has 0 amide bonds. The van der Waals surface area contributed by atoms with Crippen molar-refractivity contribution in [2.75, 3.05) is 0 Å². The molecule has 0 spiro atoms. The van der Waals surface area contributed by atoms with Crippen molar-refractivity contribution in [3.63, 3.8) is 0 Å². The first-order valence-corrected chi connectivity index (χ1v) is 28.4. The van der Waals surface area contributed by atoms with Gasteiger partial charge in [0.15, 0.2) is 0 Å². The molecule has 0 aliphatic rings. The van der Waals surface area contributed by atoms with Crippen LogP contribution in [-0.2, 0) is 20.1 Å². The summed E-state index contributed by atoms with van der Waals surface area (Å²) in [6, 6.07) is 45.4. The molecule has 0 saturated carbocycles. The largest absolute Gasteiger partial charge is 0.501 e. The molecule has 0 atom stereocenters. The van der Waals surface area contributed by atoms with E-state index in [1.165, 1.54) is 27.3 Å². The van der Waals surface area contributed by atoms with E-state index >= 15 is 0 Å². The second-order valence-corrected chi connectivity index (χ2v) is 28.3. The minimum Gasteiger partial charge on any atom is -0.501 e. The van der Waals surface area contributed by atoms with E-state index in [2.05, 4.69) is 115 Å². The zero-order valence-corrected chi connectivity index (χ0v) is 41.4. The number of fused-ring (bicyclic) bond motifs is 4. The number of benzene rings is 6. The SMILES string of the molecule is [2H]C([2H])([2H])c1c[c-]c(-c2cc(C([2H])(C)C)[c]([Ge]([CH3])([CH3])[CH3])cn2)cc1.[2H]C([2H])([2H])c1ccc(-c2ccc3c(c2)oc2c(-c4nc5ccccc5n4-c4c(C(C)C)cccc4C(C)C)[c-]ccc23)cc1.[Ir]. The molecule has 62 heavy (non-hydrogen) atoms. The van der Waals surface area contributed by atoms with Gasteiger partial charge in [0.2, 0.25) is 0 Å². The van der Waals surface area contributed by atoms with E-state index in [0.717, 1.165) is 72.3 Å². The molecule has 0 N–H and O–H groups in total. The molecule has 3 heterocycles. The minimum atomic E-state index is -2.14. The van der Waals surface area contributed by atoms with Crippen LogP contribution in [0.2, 0.25) is 17.3 Å². The van der Waals surface area contributed by atoms with Crippen LogP contribution in [0.25, 0.3) is 72.4 Å². The summed E-state index contributed by atoms with van der Waals surface area (Å²) >= 11 is -2.14. The summed E-state index contributed by atoms with van der Waals surface area (Å²) in [7, 11) is 0. The average Bonchev–Trinajstić information content (AvgIpc) is 3.86. The summed E-state index contributed by atoms with van der Waals surface area (Å²) in [5.74, 6) is 7.61. The molecule has 4 nitrogen and oxygen atoms in total. The fourth-order valence-electron chi connectivity index (χ4n) is 8.14. The van der Waals surface area contributed by atoms with Crippen LogP contribution >= 0.6 is 0 Å². The number of para-hydroxylation sites is 3. The van der Waals surface area contributed by atoms with Crippen LogP contribution in [0.4, 0.5) is 0 Å². The Labute approximate surface area is 394 Å². The van der Waals surface area contributed by atoms with Crippen LogP contribution in [0.1, 0.15) is 96.7 Å². The van der Waals surface area contributed by atoms with E-state index in [-0.39, 0.29) is 25.7 Å². The van der Waals surface area contributed by atoms with Crippen molar-refractivity contribution in [2.24, 2.45) is 0 Å². The van der Waals surface area contributed by atoms with Gasteiger partial charge >= 0.3 is 131 Å². The van der Waals surface area contributed by atoms with Crippen LogP contribution in [-0.4, -0.2) is 27.8 Å². The van der Waals surface area contributed by atoms with E-state index in [1.54, 1.807) is 24.3 Å². The van der Waals surface area contributed by atoms with E-state index in [0.29, 0.717) is 17.4 Å². The number of pyridine rings is 1. The maximum Gasteiger partial charge on any atom is 0.121 e. The van der Waals surface area contributed by atoms with Crippen molar-refractivity contribution in [1.29, 1.82) is 0 Å². The van der Waals surface area contributed by atoms with Crippen molar-refractivity contribution in [1.82, 2.24) is 14.5 Å². The molecule has 0 fully saturated rings. The smallest absolute Gasteiger partial charge is 0.121 e. The first-order chi connectivity index (χ1) is 31.9. The molecule has 317 valence electrons. The van der Waals surface area contributed by atoms with Gasteiger partial charge in [-0.2, -0.15) is 0 Å². The molecule has 9 aromatic rings. The molecule has 3 aromatic heterocycles. The molecule has 1 radical (unpaired) electrons. The van der Waals surface area contributed by atoms with Gasteiger partial charge in [-0.1, -0.05) is 111 Å². The third-order valence-electron chi connectivity index (χ3n) is 11.3. The van der Waals surface area contributed by atoms with E-state index in [1.807, 2.05) is 62.5 Å². The molecule has 6 heteroatoms. The van der Waals surface area contributed by atoms with Gasteiger partial charge in [-0.25, -0.2) is 0 Å². The third kappa shape index (κ3) is 8.91. The Morgan fingerprint density at radius 3 is 2.05 bits per heavy atom. The van der Waals surface area contributed by atoms with Gasteiger partial charge in [0, 0.05) is 35.3 Å². The standard InChI is InChI=1S/C38H33N2O.C18H24GeN.Ir/c1-23(2)28-10-8-11-29(24(3)4)36(28)40-34-15-7-6-14-33(34)39-38(40)32-13-9-12-31-30-21-20-27(22-35(30)41-37(31)32)26-18-16-25(5)17-19-26;1-13(2)16-11-18(15-9-7-14(3)8-10-15)20-12-17(16)19(4,5)6;/h6-12,14-24H,1-5H3;7-9,11-13H,1-6H3;/q2*-1;/i5D3;3D3,13D;. The number of furan rings is 1. The van der Waals surface area contributed by atoms with Gasteiger partial charge < -0.3 is 8.98 Å². The Morgan fingerprint density at radius 2 is 1.40 bits per heavy atom. The molecular weight excluding hydrogens is 995 g/mol. The normalized spacial score (nSPS) is 14.0. The fraction of sp³-hybridized carbons (Fsp3) is 0.250. The Morgan fingerprint density at radius 1 is 0.710 bits per heavy atom. The molecule has 9 rings (SSSR count). The topological polar surface area (TPSA) is 43.9 Å².